The Balaban J connectivity index is 1.77. The second-order valence-electron chi connectivity index (χ2n) is 5.11. The third-order valence-electron chi connectivity index (χ3n) is 3.27. The monoisotopic (exact) mass is 315 g/mol. The molecule has 2 rings (SSSR count). The number of nitrogens with zero attached hydrogens (tertiary/aromatic N) is 2. The molecule has 3 N–H and O–H groups in total. The third kappa shape index (κ3) is 5.14. The lowest BCUT2D eigenvalue weighted by Crippen LogP contribution is -2.45. The van der Waals surface area contributed by atoms with Crippen molar-refractivity contribution in [1.82, 2.24) is 20.4 Å². The van der Waals surface area contributed by atoms with Crippen LogP contribution in [-0.4, -0.2) is 27.8 Å². The number of imide groups is 1. The molecule has 1 aromatic carbocycles. The molecule has 1 heterocycles. The van der Waals surface area contributed by atoms with Crippen molar-refractivity contribution in [1.29, 1.82) is 0 Å². The lowest BCUT2D eigenvalue weighted by Gasteiger charge is -2.13. The number of amides is 3. The van der Waals surface area contributed by atoms with Crippen molar-refractivity contribution < 1.29 is 9.59 Å². The summed E-state index contributed by atoms with van der Waals surface area (Å²) < 4.78 is 1.75. The molecule has 0 aliphatic heterocycles. The van der Waals surface area contributed by atoms with Crippen LogP contribution < -0.4 is 16.0 Å². The van der Waals surface area contributed by atoms with Crippen molar-refractivity contribution in [2.75, 3.05) is 5.32 Å². The van der Waals surface area contributed by atoms with Crippen LogP contribution in [0.1, 0.15) is 19.4 Å². The van der Waals surface area contributed by atoms with Gasteiger partial charge in [-0.1, -0.05) is 30.3 Å². The van der Waals surface area contributed by atoms with E-state index in [0.29, 0.717) is 6.54 Å². The van der Waals surface area contributed by atoms with E-state index in [2.05, 4.69) is 21.0 Å². The first kappa shape index (κ1) is 16.5. The maximum atomic E-state index is 12.0. The zero-order chi connectivity index (χ0) is 16.7. The van der Waals surface area contributed by atoms with E-state index in [1.54, 1.807) is 24.0 Å². The van der Waals surface area contributed by atoms with Gasteiger partial charge in [-0.2, -0.15) is 5.10 Å². The van der Waals surface area contributed by atoms with Gasteiger partial charge in [-0.15, -0.1) is 0 Å². The minimum atomic E-state index is -0.549. The lowest BCUT2D eigenvalue weighted by molar-refractivity contribution is -0.120. The van der Waals surface area contributed by atoms with Crippen molar-refractivity contribution in [3.05, 3.63) is 48.3 Å². The number of hydrogen-bond donors (Lipinski definition) is 3. The van der Waals surface area contributed by atoms with Crippen LogP contribution >= 0.6 is 0 Å². The van der Waals surface area contributed by atoms with E-state index in [4.69, 9.17) is 0 Å². The van der Waals surface area contributed by atoms with Gasteiger partial charge in [-0.25, -0.2) is 4.79 Å². The molecule has 0 bridgehead atoms. The SMILES string of the molecule is CCn1cc(N[C@@H](C)C(=O)NC(=O)NCc2ccccc2)cn1. The summed E-state index contributed by atoms with van der Waals surface area (Å²) in [6.45, 7) is 4.78. The Hall–Kier alpha value is -2.83. The Labute approximate surface area is 135 Å². The van der Waals surface area contributed by atoms with Crippen LogP contribution in [0.15, 0.2) is 42.7 Å². The summed E-state index contributed by atoms with van der Waals surface area (Å²) >= 11 is 0. The number of urea groups is 1. The highest BCUT2D eigenvalue weighted by atomic mass is 16.2. The number of benzene rings is 1. The number of hydrogen-bond acceptors (Lipinski definition) is 4. The first-order valence-corrected chi connectivity index (χ1v) is 7.50. The van der Waals surface area contributed by atoms with Gasteiger partial charge in [0.25, 0.3) is 0 Å². The molecule has 7 nitrogen and oxygen atoms in total. The van der Waals surface area contributed by atoms with Crippen molar-refractivity contribution >= 4 is 17.6 Å². The normalized spacial score (nSPS) is 11.6. The maximum absolute atomic E-state index is 12.0. The molecule has 0 radical (unpaired) electrons. The Bertz CT molecular complexity index is 654. The summed E-state index contributed by atoms with van der Waals surface area (Å²) in [4.78, 5) is 23.7. The number of aryl methyl sites for hydroxylation is 1. The van der Waals surface area contributed by atoms with Crippen molar-refractivity contribution in [2.45, 2.75) is 33.0 Å². The van der Waals surface area contributed by atoms with Crippen molar-refractivity contribution in [2.24, 2.45) is 0 Å². The summed E-state index contributed by atoms with van der Waals surface area (Å²) in [5, 5.41) is 12.1. The molecule has 2 aromatic rings. The molecule has 0 saturated carbocycles. The van der Waals surface area contributed by atoms with E-state index >= 15 is 0 Å². The standard InChI is InChI=1S/C16H21N5O2/c1-3-21-11-14(10-18-21)19-12(2)15(22)20-16(23)17-9-13-7-5-4-6-8-13/h4-8,10-12,19H,3,9H2,1-2H3,(H2,17,20,22,23)/t12-/m0/s1. The zero-order valence-electron chi connectivity index (χ0n) is 13.2. The fourth-order valence-electron chi connectivity index (χ4n) is 1.97. The van der Waals surface area contributed by atoms with Gasteiger partial charge < -0.3 is 10.6 Å². The molecule has 0 spiro atoms. The second-order valence-corrected chi connectivity index (χ2v) is 5.11. The molecule has 122 valence electrons. The van der Waals surface area contributed by atoms with Gasteiger partial charge in [0.15, 0.2) is 0 Å². The quantitative estimate of drug-likeness (QED) is 0.757. The number of carbonyl (C=O) groups is 2. The molecule has 0 aliphatic rings. The minimum absolute atomic E-state index is 0.366. The largest absolute Gasteiger partial charge is 0.371 e. The zero-order valence-corrected chi connectivity index (χ0v) is 13.2. The van der Waals surface area contributed by atoms with Gasteiger partial charge in [0, 0.05) is 19.3 Å². The van der Waals surface area contributed by atoms with Gasteiger partial charge in [0.1, 0.15) is 6.04 Å². The smallest absolute Gasteiger partial charge is 0.321 e. The molecule has 3 amide bonds. The lowest BCUT2D eigenvalue weighted by atomic mass is 10.2. The number of aromatic nitrogens is 2. The second kappa shape index (κ2) is 7.98. The summed E-state index contributed by atoms with van der Waals surface area (Å²) in [6, 6.07) is 8.42. The Morgan fingerprint density at radius 2 is 2.00 bits per heavy atom. The predicted octanol–water partition coefficient (Wildman–Crippen LogP) is 1.73. The summed E-state index contributed by atoms with van der Waals surface area (Å²) in [6.07, 6.45) is 3.45. The van der Waals surface area contributed by atoms with Crippen molar-refractivity contribution in [3.63, 3.8) is 0 Å². The molecule has 23 heavy (non-hydrogen) atoms. The van der Waals surface area contributed by atoms with Gasteiger partial charge in [-0.05, 0) is 19.4 Å². The van der Waals surface area contributed by atoms with E-state index in [1.807, 2.05) is 37.3 Å². The first-order valence-electron chi connectivity index (χ1n) is 7.50. The van der Waals surface area contributed by atoms with Crippen LogP contribution in [0.4, 0.5) is 10.5 Å². The molecule has 7 heteroatoms. The number of carbonyl (C=O) groups excluding carboxylic acids is 2. The van der Waals surface area contributed by atoms with Crippen LogP contribution in [0.2, 0.25) is 0 Å². The molecule has 1 atom stereocenters. The fraction of sp³-hybridized carbons (Fsp3) is 0.312. The van der Waals surface area contributed by atoms with E-state index in [0.717, 1.165) is 17.8 Å². The topological polar surface area (TPSA) is 88.0 Å². The van der Waals surface area contributed by atoms with Gasteiger partial charge in [-0.3, -0.25) is 14.8 Å². The van der Waals surface area contributed by atoms with Crippen LogP contribution in [-0.2, 0) is 17.9 Å². The molecule has 0 unspecified atom stereocenters. The van der Waals surface area contributed by atoms with E-state index in [-0.39, 0.29) is 0 Å². The van der Waals surface area contributed by atoms with Crippen molar-refractivity contribution in [3.8, 4) is 0 Å². The third-order valence-corrected chi connectivity index (χ3v) is 3.27. The van der Waals surface area contributed by atoms with Crippen LogP contribution in [0, 0.1) is 0 Å². The van der Waals surface area contributed by atoms with E-state index in [9.17, 15) is 9.59 Å². The fourth-order valence-corrected chi connectivity index (χ4v) is 1.97. The van der Waals surface area contributed by atoms with E-state index < -0.39 is 18.0 Å². The van der Waals surface area contributed by atoms with Crippen LogP contribution in [0.5, 0.6) is 0 Å². The molecule has 0 saturated heterocycles. The minimum Gasteiger partial charge on any atom is -0.371 e. The number of nitrogens with one attached hydrogen (secondary N) is 3. The molecule has 0 aliphatic carbocycles. The van der Waals surface area contributed by atoms with Gasteiger partial charge >= 0.3 is 6.03 Å². The predicted molar refractivity (Wildman–Crippen MR) is 87.8 cm³/mol. The first-order chi connectivity index (χ1) is 11.1. The Kier molecular flexibility index (Phi) is 5.74. The van der Waals surface area contributed by atoms with Gasteiger partial charge in [0.05, 0.1) is 11.9 Å². The molecule has 1 aromatic heterocycles. The van der Waals surface area contributed by atoms with E-state index in [1.165, 1.54) is 0 Å². The highest BCUT2D eigenvalue weighted by Crippen LogP contribution is 2.06. The summed E-state index contributed by atoms with van der Waals surface area (Å²) in [5.74, 6) is -0.403. The van der Waals surface area contributed by atoms with Gasteiger partial charge in [0.2, 0.25) is 5.91 Å². The van der Waals surface area contributed by atoms with Crippen LogP contribution in [0.3, 0.4) is 0 Å². The molecule has 0 fully saturated rings. The Morgan fingerprint density at radius 3 is 2.65 bits per heavy atom. The average molecular weight is 315 g/mol. The number of anilines is 1. The summed E-state index contributed by atoms with van der Waals surface area (Å²) in [5.41, 5.74) is 1.70. The number of rotatable bonds is 6. The molecular weight excluding hydrogens is 294 g/mol. The summed E-state index contributed by atoms with van der Waals surface area (Å²) in [7, 11) is 0. The Morgan fingerprint density at radius 1 is 1.26 bits per heavy atom. The molecular formula is C16H21N5O2. The maximum Gasteiger partial charge on any atom is 0.321 e. The van der Waals surface area contributed by atoms with Crippen LogP contribution in [0.25, 0.3) is 0 Å². The average Bonchev–Trinajstić information content (AvgIpc) is 3.01. The highest BCUT2D eigenvalue weighted by molar-refractivity contribution is 5.97. The highest BCUT2D eigenvalue weighted by Gasteiger charge is 2.16.